The molecule has 0 spiro atoms. The van der Waals surface area contributed by atoms with Gasteiger partial charge >= 0.3 is 13.2 Å². The molecule has 1 N–H and O–H groups in total. The summed E-state index contributed by atoms with van der Waals surface area (Å²) in [4.78, 5) is 14.3. The van der Waals surface area contributed by atoms with Gasteiger partial charge in [0.05, 0.1) is 41.5 Å². The molecule has 2 saturated heterocycles. The van der Waals surface area contributed by atoms with Crippen molar-refractivity contribution in [1.82, 2.24) is 14.5 Å². The van der Waals surface area contributed by atoms with Gasteiger partial charge in [0.1, 0.15) is 5.60 Å². The summed E-state index contributed by atoms with van der Waals surface area (Å²) in [6, 6.07) is 1.97. The number of aromatic nitrogens is 2. The maximum Gasteiger partial charge on any atom is 0.495 e. The minimum atomic E-state index is -0.902. The summed E-state index contributed by atoms with van der Waals surface area (Å²) in [6.07, 6.45) is 5.59. The van der Waals surface area contributed by atoms with Crippen molar-refractivity contribution in [1.29, 1.82) is 0 Å². The minimum Gasteiger partial charge on any atom is -0.444 e. The number of carbonyl (C=O) groups excluding carboxylic acids is 1. The molecule has 9 nitrogen and oxygen atoms in total. The third kappa shape index (κ3) is 8.57. The Morgan fingerprint density at radius 2 is 1.91 bits per heavy atom. The molecule has 0 radical (unpaired) electrons. The van der Waals surface area contributed by atoms with Crippen LogP contribution in [0, 0.1) is 5.92 Å². The van der Waals surface area contributed by atoms with Gasteiger partial charge in [-0.05, 0) is 133 Å². The molecule has 3 heterocycles. The van der Waals surface area contributed by atoms with Gasteiger partial charge in [-0.1, -0.05) is 11.6 Å². The number of rotatable bonds is 10. The molecular formula is C30H47BClIN3O6P. The van der Waals surface area contributed by atoms with Gasteiger partial charge in [0.15, 0.2) is 0 Å². The number of piperidine rings is 1. The van der Waals surface area contributed by atoms with E-state index in [0.717, 1.165) is 34.8 Å². The molecule has 1 amide bonds. The lowest BCUT2D eigenvalue weighted by Gasteiger charge is -2.37. The van der Waals surface area contributed by atoms with E-state index in [0.29, 0.717) is 57.0 Å². The Hall–Kier alpha value is -0.685. The van der Waals surface area contributed by atoms with Gasteiger partial charge in [0.2, 0.25) is 0 Å². The van der Waals surface area contributed by atoms with Crippen LogP contribution >= 0.6 is 40.0 Å². The fourth-order valence-corrected chi connectivity index (χ4v) is 7.60. The first-order valence-corrected chi connectivity index (χ1v) is 19.6. The van der Waals surface area contributed by atoms with Crippen LogP contribution in [0.3, 0.4) is 0 Å². The molecule has 2 aliphatic heterocycles. The molecule has 0 aliphatic carbocycles. The van der Waals surface area contributed by atoms with E-state index in [4.69, 9.17) is 30.4 Å². The van der Waals surface area contributed by atoms with Crippen molar-refractivity contribution in [3.05, 3.63) is 22.8 Å². The summed E-state index contributed by atoms with van der Waals surface area (Å²) in [5, 5.41) is 17.4. The topological polar surface area (TPSA) is 95.3 Å². The lowest BCUT2D eigenvalue weighted by molar-refractivity contribution is -0.0189. The highest BCUT2D eigenvalue weighted by Gasteiger charge is 2.53. The van der Waals surface area contributed by atoms with E-state index in [9.17, 15) is 9.90 Å². The number of benzene rings is 1. The molecule has 13 heteroatoms. The lowest BCUT2D eigenvalue weighted by Crippen LogP contribution is -2.44. The molecule has 2 aliphatic rings. The second-order valence-corrected chi connectivity index (χ2v) is 16.6. The first-order valence-electron chi connectivity index (χ1n) is 15.1. The van der Waals surface area contributed by atoms with Crippen LogP contribution in [-0.2, 0) is 25.2 Å². The second kappa shape index (κ2) is 13.6. The van der Waals surface area contributed by atoms with Crippen molar-refractivity contribution in [2.75, 3.05) is 26.3 Å². The van der Waals surface area contributed by atoms with Gasteiger partial charge in [-0.2, -0.15) is 5.10 Å². The van der Waals surface area contributed by atoms with Crippen LogP contribution in [0.2, 0.25) is 5.02 Å². The molecule has 0 saturated carbocycles. The summed E-state index contributed by atoms with van der Waals surface area (Å²) in [5.41, 5.74) is 0.386. The van der Waals surface area contributed by atoms with Crippen molar-refractivity contribution >= 4 is 69.6 Å². The molecule has 3 atom stereocenters. The number of hydrogen-bond acceptors (Lipinski definition) is 7. The smallest absolute Gasteiger partial charge is 0.444 e. The van der Waals surface area contributed by atoms with Crippen LogP contribution in [0.4, 0.5) is 4.79 Å². The molecule has 1 aromatic heterocycles. The molecule has 2 unspecified atom stereocenters. The highest BCUT2D eigenvalue weighted by molar-refractivity contribution is 14.2. The van der Waals surface area contributed by atoms with Crippen LogP contribution in [0.15, 0.2) is 12.3 Å². The number of ether oxygens (including phenoxy) is 2. The largest absolute Gasteiger partial charge is 0.495 e. The van der Waals surface area contributed by atoms with E-state index in [-0.39, 0.29) is 12.0 Å². The highest BCUT2D eigenvalue weighted by atomic mass is 127. The first-order chi connectivity index (χ1) is 19.9. The Labute approximate surface area is 276 Å². The van der Waals surface area contributed by atoms with Gasteiger partial charge in [0.25, 0.3) is 0 Å². The van der Waals surface area contributed by atoms with Gasteiger partial charge in [-0.25, -0.2) is 9.25 Å². The van der Waals surface area contributed by atoms with E-state index < -0.39 is 29.5 Å². The van der Waals surface area contributed by atoms with E-state index in [1.165, 1.54) is 0 Å². The maximum absolute atomic E-state index is 12.6. The second-order valence-electron chi connectivity index (χ2n) is 14.2. The van der Waals surface area contributed by atoms with Crippen LogP contribution in [0.1, 0.15) is 86.6 Å². The van der Waals surface area contributed by atoms with Gasteiger partial charge < -0.3 is 28.8 Å². The Morgan fingerprint density at radius 1 is 1.23 bits per heavy atom. The van der Waals surface area contributed by atoms with Crippen LogP contribution in [0.25, 0.3) is 10.9 Å². The Balaban J connectivity index is 1.37. The predicted octanol–water partition coefficient (Wildman–Crippen LogP) is 6.52. The molecule has 1 aromatic carbocycles. The fraction of sp³-hybridized carbons (Fsp3) is 0.733. The summed E-state index contributed by atoms with van der Waals surface area (Å²) in [6.45, 7) is 17.8. The molecular weight excluding hydrogens is 702 g/mol. The summed E-state index contributed by atoms with van der Waals surface area (Å²) in [5.74, 6) is 0.216. The number of likely N-dealkylation sites (tertiary alicyclic amines) is 1. The van der Waals surface area contributed by atoms with E-state index in [1.54, 1.807) is 4.90 Å². The molecule has 240 valence electrons. The third-order valence-electron chi connectivity index (χ3n) is 8.72. The predicted molar refractivity (Wildman–Crippen MR) is 183 cm³/mol. The van der Waals surface area contributed by atoms with Crippen LogP contribution in [-0.4, -0.2) is 81.5 Å². The van der Waals surface area contributed by atoms with Crippen LogP contribution < -0.4 is 5.46 Å². The summed E-state index contributed by atoms with van der Waals surface area (Å²) >= 11 is 9.21. The molecule has 4 rings (SSSR count). The Kier molecular flexibility index (Phi) is 11.1. The number of carbonyl (C=O) groups is 1. The first kappa shape index (κ1) is 35.2. The van der Waals surface area contributed by atoms with Crippen molar-refractivity contribution in [3.63, 3.8) is 0 Å². The SMILES string of the molecule is CC(C)(C)OC(=O)N1CCCC(C[C@@](C)(O)CCOCCc2c(Cl)cc3c(cnn3PI)c2B2OC(C)(C)C(C)(C)O2)C1. The summed E-state index contributed by atoms with van der Waals surface area (Å²) < 4.78 is 26.5. The highest BCUT2D eigenvalue weighted by Crippen LogP contribution is 2.39. The van der Waals surface area contributed by atoms with Crippen molar-refractivity contribution in [2.24, 2.45) is 5.92 Å². The number of amides is 1. The van der Waals surface area contributed by atoms with Gasteiger partial charge in [-0.3, -0.25) is 0 Å². The average molecular weight is 750 g/mol. The molecule has 2 aromatic rings. The molecule has 43 heavy (non-hydrogen) atoms. The quantitative estimate of drug-likeness (QED) is 0.128. The normalized spacial score (nSPS) is 22.1. The number of halogens is 2. The zero-order chi connectivity index (χ0) is 31.8. The zero-order valence-electron chi connectivity index (χ0n) is 26.8. The van der Waals surface area contributed by atoms with Crippen molar-refractivity contribution in [3.8, 4) is 0 Å². The van der Waals surface area contributed by atoms with E-state index in [2.05, 4.69) is 27.1 Å². The Morgan fingerprint density at radius 3 is 2.53 bits per heavy atom. The number of hydrogen-bond donors (Lipinski definition) is 1. The van der Waals surface area contributed by atoms with Gasteiger partial charge in [-0.15, -0.1) is 0 Å². The van der Waals surface area contributed by atoms with E-state index in [1.807, 2.05) is 72.1 Å². The van der Waals surface area contributed by atoms with Gasteiger partial charge in [0, 0.05) is 30.1 Å². The van der Waals surface area contributed by atoms with Crippen LogP contribution in [0.5, 0.6) is 0 Å². The minimum absolute atomic E-state index is 0.216. The zero-order valence-corrected chi connectivity index (χ0v) is 30.7. The van der Waals surface area contributed by atoms with Crippen molar-refractivity contribution < 1.29 is 28.7 Å². The third-order valence-corrected chi connectivity index (χ3v) is 10.9. The molecule has 0 bridgehead atoms. The number of fused-ring (bicyclic) bond motifs is 1. The molecule has 2 fully saturated rings. The maximum atomic E-state index is 12.6. The van der Waals surface area contributed by atoms with E-state index >= 15 is 0 Å². The van der Waals surface area contributed by atoms with Crippen molar-refractivity contribution in [2.45, 2.75) is 110 Å². The standard InChI is InChI=1S/C30H47BClIN3O6P/c1-27(2,3)40-26(37)35-13-9-10-20(19-35)17-30(8,38)12-15-39-14-11-21-23(32)16-24-22(18-34-36(24)43-33)25(21)31-41-28(4,5)29(6,7)42-31/h16,18,20,38,43H,9-15,17,19H2,1-8H3/t20?,30-/m0/s1. The number of aliphatic hydroxyl groups is 1. The Bertz CT molecular complexity index is 1280. The lowest BCUT2D eigenvalue weighted by atomic mass is 9.73. The summed E-state index contributed by atoms with van der Waals surface area (Å²) in [7, 11) is -0.576. The average Bonchev–Trinajstić information content (AvgIpc) is 3.38. The monoisotopic (exact) mass is 749 g/mol. The fourth-order valence-electron chi connectivity index (χ4n) is 5.77. The number of nitrogens with zero attached hydrogens (tertiary/aromatic N) is 3.